The average Bonchev–Trinajstić information content (AvgIpc) is 2.60. The van der Waals surface area contributed by atoms with Gasteiger partial charge in [-0.05, 0) is 43.9 Å². The summed E-state index contributed by atoms with van der Waals surface area (Å²) in [6.07, 6.45) is 7.72. The van der Waals surface area contributed by atoms with E-state index in [0.717, 1.165) is 31.5 Å². The molecule has 0 aromatic carbocycles. The number of hydrogen-bond donors (Lipinski definition) is 1. The molecule has 3 atom stereocenters. The van der Waals surface area contributed by atoms with Crippen LogP contribution < -0.4 is 5.73 Å². The van der Waals surface area contributed by atoms with E-state index in [4.69, 9.17) is 10.5 Å². The van der Waals surface area contributed by atoms with Crippen molar-refractivity contribution in [1.29, 1.82) is 0 Å². The van der Waals surface area contributed by atoms with E-state index in [9.17, 15) is 4.79 Å². The summed E-state index contributed by atoms with van der Waals surface area (Å²) in [5.74, 6) is 0.395. The molecule has 1 aromatic rings. The lowest BCUT2D eigenvalue weighted by atomic mass is 9.62. The van der Waals surface area contributed by atoms with E-state index in [1.54, 1.807) is 6.20 Å². The molecule has 2 bridgehead atoms. The first-order valence-electron chi connectivity index (χ1n) is 9.58. The zero-order chi connectivity index (χ0) is 18.0. The van der Waals surface area contributed by atoms with Crippen molar-refractivity contribution in [2.75, 3.05) is 20.2 Å². The lowest BCUT2D eigenvalue weighted by Gasteiger charge is -2.56. The van der Waals surface area contributed by atoms with Gasteiger partial charge in [-0.1, -0.05) is 19.8 Å². The highest BCUT2D eigenvalue weighted by Gasteiger charge is 2.53. The van der Waals surface area contributed by atoms with Gasteiger partial charge in [-0.2, -0.15) is 0 Å². The summed E-state index contributed by atoms with van der Waals surface area (Å²) in [5.41, 5.74) is 6.53. The van der Waals surface area contributed by atoms with Crippen molar-refractivity contribution in [3.05, 3.63) is 29.6 Å². The van der Waals surface area contributed by atoms with Crippen molar-refractivity contribution in [3.8, 4) is 0 Å². The minimum Gasteiger partial charge on any atom is -0.373 e. The van der Waals surface area contributed by atoms with Crippen LogP contribution in [0.2, 0.25) is 0 Å². The number of amides is 1. The molecule has 1 saturated carbocycles. The molecule has 5 heteroatoms. The van der Waals surface area contributed by atoms with Crippen LogP contribution in [0.25, 0.3) is 0 Å². The summed E-state index contributed by atoms with van der Waals surface area (Å²) in [6.45, 7) is 6.71. The number of primary amides is 1. The normalized spacial score (nSPS) is 30.8. The number of rotatable bonds is 6. The van der Waals surface area contributed by atoms with Gasteiger partial charge in [0.1, 0.15) is 11.3 Å². The van der Waals surface area contributed by atoms with E-state index in [1.807, 2.05) is 19.2 Å². The minimum atomic E-state index is -0.479. The van der Waals surface area contributed by atoms with Crippen molar-refractivity contribution >= 4 is 5.91 Å². The number of likely N-dealkylation sites (tertiary alicyclic amines) is 1. The molecule has 1 aliphatic carbocycles. The van der Waals surface area contributed by atoms with E-state index in [0.29, 0.717) is 23.6 Å². The first kappa shape index (κ1) is 18.3. The van der Waals surface area contributed by atoms with Crippen LogP contribution in [-0.2, 0) is 10.3 Å². The van der Waals surface area contributed by atoms with E-state index in [1.165, 1.54) is 19.3 Å². The summed E-state index contributed by atoms with van der Waals surface area (Å²) in [4.78, 5) is 18.4. The van der Waals surface area contributed by atoms with Crippen molar-refractivity contribution in [2.24, 2.45) is 17.6 Å². The fraction of sp³-hybridized carbons (Fsp3) is 0.700. The Morgan fingerprint density at radius 2 is 2.12 bits per heavy atom. The van der Waals surface area contributed by atoms with Gasteiger partial charge in [-0.15, -0.1) is 0 Å². The van der Waals surface area contributed by atoms with Crippen molar-refractivity contribution in [2.45, 2.75) is 57.6 Å². The SMILES string of the molecule is CCC[C@H](C)N1CC2CCCC(C1)C2(OC)c1ccnc(C(N)=O)c1. The minimum absolute atomic E-state index is 0.326. The number of fused-ring (bicyclic) bond motifs is 2. The van der Waals surface area contributed by atoms with Crippen LogP contribution in [0, 0.1) is 11.8 Å². The number of nitrogens with zero attached hydrogens (tertiary/aromatic N) is 2. The fourth-order valence-corrected chi connectivity index (χ4v) is 5.16. The Bertz CT molecular complexity index is 605. The Balaban J connectivity index is 1.96. The number of carbonyl (C=O) groups excluding carboxylic acids is 1. The van der Waals surface area contributed by atoms with Gasteiger partial charge in [0.05, 0.1) is 0 Å². The molecular weight excluding hydrogens is 314 g/mol. The Labute approximate surface area is 150 Å². The molecule has 25 heavy (non-hydrogen) atoms. The second-order valence-corrected chi connectivity index (χ2v) is 7.71. The lowest BCUT2D eigenvalue weighted by Crippen LogP contribution is -2.60. The number of nitrogens with two attached hydrogens (primary N) is 1. The van der Waals surface area contributed by atoms with Gasteiger partial charge in [-0.25, -0.2) is 0 Å². The predicted molar refractivity (Wildman–Crippen MR) is 98.2 cm³/mol. The first-order chi connectivity index (χ1) is 12.0. The lowest BCUT2D eigenvalue weighted by molar-refractivity contribution is -0.173. The summed E-state index contributed by atoms with van der Waals surface area (Å²) in [7, 11) is 1.82. The molecule has 138 valence electrons. The van der Waals surface area contributed by atoms with Crippen LogP contribution in [0.15, 0.2) is 18.3 Å². The highest BCUT2D eigenvalue weighted by Crippen LogP contribution is 2.51. The molecule has 2 aliphatic rings. The second-order valence-electron chi connectivity index (χ2n) is 7.71. The standard InChI is InChI=1S/C20H31N3O2/c1-4-6-14(2)23-12-16-7-5-8-17(13-23)20(16,25-3)15-9-10-22-18(11-15)19(21)24/h9-11,14,16-17H,4-8,12-13H2,1-3H3,(H2,21,24)/t14-,16?,17?,20?/m0/s1. The van der Waals surface area contributed by atoms with E-state index >= 15 is 0 Å². The molecule has 1 aliphatic heterocycles. The van der Waals surface area contributed by atoms with Crippen molar-refractivity contribution in [3.63, 3.8) is 0 Å². The molecule has 1 aromatic heterocycles. The molecule has 1 amide bonds. The Morgan fingerprint density at radius 1 is 1.44 bits per heavy atom. The number of hydrogen-bond acceptors (Lipinski definition) is 4. The third-order valence-electron chi connectivity index (χ3n) is 6.36. The molecule has 1 saturated heterocycles. The maximum atomic E-state index is 11.6. The molecule has 0 spiro atoms. The van der Waals surface area contributed by atoms with E-state index in [-0.39, 0.29) is 5.60 Å². The number of pyridine rings is 1. The third-order valence-corrected chi connectivity index (χ3v) is 6.36. The number of aromatic nitrogens is 1. The molecule has 2 N–H and O–H groups in total. The fourth-order valence-electron chi connectivity index (χ4n) is 5.16. The molecule has 3 rings (SSSR count). The van der Waals surface area contributed by atoms with Gasteiger partial charge in [0.15, 0.2) is 0 Å². The van der Waals surface area contributed by atoms with Crippen LogP contribution in [0.1, 0.15) is 62.0 Å². The Kier molecular flexibility index (Phi) is 5.44. The van der Waals surface area contributed by atoms with Gasteiger partial charge >= 0.3 is 0 Å². The third kappa shape index (κ3) is 3.20. The monoisotopic (exact) mass is 345 g/mol. The van der Waals surface area contributed by atoms with Gasteiger partial charge in [0, 0.05) is 44.3 Å². The summed E-state index contributed by atoms with van der Waals surface area (Å²) in [5, 5.41) is 0. The second kappa shape index (κ2) is 7.42. The topological polar surface area (TPSA) is 68.4 Å². The molecule has 5 nitrogen and oxygen atoms in total. The van der Waals surface area contributed by atoms with Gasteiger partial charge in [-0.3, -0.25) is 14.7 Å². The first-order valence-corrected chi connectivity index (χ1v) is 9.58. The van der Waals surface area contributed by atoms with Crippen LogP contribution >= 0.6 is 0 Å². The molecule has 2 fully saturated rings. The van der Waals surface area contributed by atoms with Gasteiger partial charge in [0.25, 0.3) is 5.91 Å². The molecule has 0 radical (unpaired) electrons. The van der Waals surface area contributed by atoms with Gasteiger partial charge < -0.3 is 10.5 Å². The predicted octanol–water partition coefficient (Wildman–Crippen LogP) is 2.94. The molecular formula is C20H31N3O2. The highest BCUT2D eigenvalue weighted by molar-refractivity contribution is 5.90. The van der Waals surface area contributed by atoms with Crippen LogP contribution in [0.5, 0.6) is 0 Å². The maximum absolute atomic E-state index is 11.6. The number of piperidine rings is 1. The Morgan fingerprint density at radius 3 is 2.68 bits per heavy atom. The maximum Gasteiger partial charge on any atom is 0.267 e. The van der Waals surface area contributed by atoms with Crippen LogP contribution in [0.3, 0.4) is 0 Å². The zero-order valence-corrected chi connectivity index (χ0v) is 15.7. The van der Waals surface area contributed by atoms with E-state index in [2.05, 4.69) is 23.7 Å². The quantitative estimate of drug-likeness (QED) is 0.861. The number of ether oxygens (including phenoxy) is 1. The largest absolute Gasteiger partial charge is 0.373 e. The number of carbonyl (C=O) groups is 1. The Hall–Kier alpha value is -1.46. The van der Waals surface area contributed by atoms with Crippen molar-refractivity contribution < 1.29 is 9.53 Å². The van der Waals surface area contributed by atoms with Crippen molar-refractivity contribution in [1.82, 2.24) is 9.88 Å². The van der Waals surface area contributed by atoms with Crippen LogP contribution in [0.4, 0.5) is 0 Å². The van der Waals surface area contributed by atoms with Gasteiger partial charge in [0.2, 0.25) is 0 Å². The summed E-state index contributed by atoms with van der Waals surface area (Å²) >= 11 is 0. The zero-order valence-electron chi connectivity index (χ0n) is 15.7. The smallest absolute Gasteiger partial charge is 0.267 e. The number of methoxy groups -OCH3 is 1. The summed E-state index contributed by atoms with van der Waals surface area (Å²) in [6, 6.07) is 4.47. The highest BCUT2D eigenvalue weighted by atomic mass is 16.5. The molecule has 2 heterocycles. The average molecular weight is 345 g/mol. The van der Waals surface area contributed by atoms with E-state index < -0.39 is 5.91 Å². The summed E-state index contributed by atoms with van der Waals surface area (Å²) < 4.78 is 6.25. The molecule has 2 unspecified atom stereocenters. The van der Waals surface area contributed by atoms with Crippen LogP contribution in [-0.4, -0.2) is 42.0 Å².